The minimum absolute atomic E-state index is 0.195. The van der Waals surface area contributed by atoms with Gasteiger partial charge in [0.15, 0.2) is 0 Å². The van der Waals surface area contributed by atoms with Crippen molar-refractivity contribution in [2.45, 2.75) is 24.8 Å². The van der Waals surface area contributed by atoms with Gasteiger partial charge in [-0.25, -0.2) is 0 Å². The number of hydrogen-bond donors (Lipinski definition) is 0. The second-order valence-corrected chi connectivity index (χ2v) is 4.98. The van der Waals surface area contributed by atoms with E-state index in [0.717, 1.165) is 0 Å². The zero-order valence-electron chi connectivity index (χ0n) is 9.56. The minimum atomic E-state index is -0.195. The molecule has 0 bridgehead atoms. The predicted molar refractivity (Wildman–Crippen MR) is 64.0 cm³/mol. The van der Waals surface area contributed by atoms with Crippen molar-refractivity contribution < 1.29 is 0 Å². The second kappa shape index (κ2) is 3.25. The van der Waals surface area contributed by atoms with Crippen LogP contribution in [0.1, 0.15) is 19.3 Å². The molecule has 2 fully saturated rings. The molecule has 0 radical (unpaired) electrons. The van der Waals surface area contributed by atoms with Crippen molar-refractivity contribution in [3.8, 4) is 6.07 Å². The quantitative estimate of drug-likeness (QED) is 0.753. The zero-order chi connectivity index (χ0) is 11.2. The highest BCUT2D eigenvalue weighted by molar-refractivity contribution is 5.55. The molecular formula is C14H16N2. The molecule has 2 saturated carbocycles. The fraction of sp³-hybridized carbons (Fsp3) is 0.500. The fourth-order valence-corrected chi connectivity index (χ4v) is 3.53. The Kier molecular flexibility index (Phi) is 1.97. The van der Waals surface area contributed by atoms with E-state index >= 15 is 0 Å². The molecule has 3 atom stereocenters. The van der Waals surface area contributed by atoms with Crippen LogP contribution in [0.3, 0.4) is 0 Å². The van der Waals surface area contributed by atoms with Crippen LogP contribution in [-0.2, 0) is 0 Å². The van der Waals surface area contributed by atoms with Crippen molar-refractivity contribution in [1.29, 1.82) is 5.26 Å². The van der Waals surface area contributed by atoms with Gasteiger partial charge in [0, 0.05) is 24.6 Å². The maximum Gasteiger partial charge on any atom is 0.134 e. The number of para-hydroxylation sites is 1. The van der Waals surface area contributed by atoms with Gasteiger partial charge in [0.2, 0.25) is 0 Å². The molecule has 3 rings (SSSR count). The summed E-state index contributed by atoms with van der Waals surface area (Å²) in [5, 5.41) is 9.50. The monoisotopic (exact) mass is 212 g/mol. The van der Waals surface area contributed by atoms with Gasteiger partial charge in [-0.05, 0) is 25.0 Å². The Morgan fingerprint density at radius 3 is 2.44 bits per heavy atom. The van der Waals surface area contributed by atoms with E-state index < -0.39 is 0 Å². The maximum absolute atomic E-state index is 9.50. The lowest BCUT2D eigenvalue weighted by molar-refractivity contribution is 0.571. The lowest BCUT2D eigenvalue weighted by atomic mass is 10.0. The Balaban J connectivity index is 1.91. The number of rotatable bonds is 2. The smallest absolute Gasteiger partial charge is 0.134 e. The number of fused-ring (bicyclic) bond motifs is 1. The summed E-state index contributed by atoms with van der Waals surface area (Å²) in [6, 6.07) is 12.9. The Morgan fingerprint density at radius 1 is 1.25 bits per heavy atom. The van der Waals surface area contributed by atoms with E-state index in [4.69, 9.17) is 0 Å². The normalized spacial score (nSPS) is 35.2. The molecule has 0 aliphatic heterocycles. The molecule has 2 aliphatic carbocycles. The van der Waals surface area contributed by atoms with E-state index in [2.05, 4.69) is 30.1 Å². The van der Waals surface area contributed by atoms with Crippen molar-refractivity contribution in [3.05, 3.63) is 30.3 Å². The van der Waals surface area contributed by atoms with Crippen LogP contribution in [0.15, 0.2) is 30.3 Å². The van der Waals surface area contributed by atoms with Crippen LogP contribution in [0.4, 0.5) is 5.69 Å². The third kappa shape index (κ3) is 1.06. The van der Waals surface area contributed by atoms with Gasteiger partial charge in [0.1, 0.15) is 5.54 Å². The van der Waals surface area contributed by atoms with Gasteiger partial charge in [-0.2, -0.15) is 5.26 Å². The summed E-state index contributed by atoms with van der Waals surface area (Å²) >= 11 is 0. The zero-order valence-corrected chi connectivity index (χ0v) is 9.56. The van der Waals surface area contributed by atoms with Gasteiger partial charge in [0.25, 0.3) is 0 Å². The van der Waals surface area contributed by atoms with Crippen molar-refractivity contribution in [1.82, 2.24) is 0 Å². The highest BCUT2D eigenvalue weighted by atomic mass is 15.2. The Labute approximate surface area is 96.5 Å². The molecule has 2 aliphatic rings. The molecule has 2 nitrogen and oxygen atoms in total. The molecule has 0 aromatic heterocycles. The van der Waals surface area contributed by atoms with Crippen LogP contribution < -0.4 is 4.90 Å². The summed E-state index contributed by atoms with van der Waals surface area (Å²) in [7, 11) is 2.07. The molecule has 82 valence electrons. The van der Waals surface area contributed by atoms with E-state index in [9.17, 15) is 5.26 Å². The number of benzene rings is 1. The van der Waals surface area contributed by atoms with Crippen molar-refractivity contribution >= 4 is 5.69 Å². The third-order valence-corrected chi connectivity index (χ3v) is 4.42. The number of hydrogen-bond acceptors (Lipinski definition) is 2. The van der Waals surface area contributed by atoms with Gasteiger partial charge < -0.3 is 4.90 Å². The molecule has 0 amide bonds. The number of nitrogens with zero attached hydrogens (tertiary/aromatic N) is 2. The highest BCUT2D eigenvalue weighted by Gasteiger charge is 2.69. The fourth-order valence-electron chi connectivity index (χ4n) is 3.53. The lowest BCUT2D eigenvalue weighted by Gasteiger charge is -2.28. The lowest BCUT2D eigenvalue weighted by Crippen LogP contribution is -2.36. The van der Waals surface area contributed by atoms with Gasteiger partial charge in [0.05, 0.1) is 6.07 Å². The van der Waals surface area contributed by atoms with Crippen LogP contribution in [0.25, 0.3) is 0 Å². The van der Waals surface area contributed by atoms with E-state index in [-0.39, 0.29) is 5.54 Å². The van der Waals surface area contributed by atoms with Gasteiger partial charge in [-0.15, -0.1) is 0 Å². The van der Waals surface area contributed by atoms with Crippen molar-refractivity contribution in [2.24, 2.45) is 11.8 Å². The SMILES string of the molecule is CN(c1ccccc1)C1(C#N)[C@@H]2CCC[C@@H]21. The molecule has 1 aromatic carbocycles. The van der Waals surface area contributed by atoms with Gasteiger partial charge in [-0.3, -0.25) is 0 Å². The van der Waals surface area contributed by atoms with Gasteiger partial charge >= 0.3 is 0 Å². The first-order valence-corrected chi connectivity index (χ1v) is 6.01. The number of anilines is 1. The maximum atomic E-state index is 9.50. The average molecular weight is 212 g/mol. The predicted octanol–water partition coefficient (Wildman–Crippen LogP) is 2.82. The summed E-state index contributed by atoms with van der Waals surface area (Å²) in [5.74, 6) is 1.23. The molecule has 2 heteroatoms. The first-order chi connectivity index (χ1) is 7.80. The molecule has 0 heterocycles. The summed E-state index contributed by atoms with van der Waals surface area (Å²) in [4.78, 5) is 2.20. The van der Waals surface area contributed by atoms with E-state index in [0.29, 0.717) is 11.8 Å². The van der Waals surface area contributed by atoms with Crippen LogP contribution in [0.2, 0.25) is 0 Å². The largest absolute Gasteiger partial charge is 0.356 e. The molecule has 1 unspecified atom stereocenters. The molecule has 0 N–H and O–H groups in total. The first kappa shape index (κ1) is 9.72. The average Bonchev–Trinajstić information content (AvgIpc) is 2.72. The van der Waals surface area contributed by atoms with E-state index in [1.54, 1.807) is 0 Å². The third-order valence-electron chi connectivity index (χ3n) is 4.42. The molecule has 0 saturated heterocycles. The van der Waals surface area contributed by atoms with Crippen LogP contribution in [-0.4, -0.2) is 12.6 Å². The Bertz CT molecular complexity index is 422. The Hall–Kier alpha value is -1.49. The Morgan fingerprint density at radius 2 is 1.88 bits per heavy atom. The topological polar surface area (TPSA) is 27.0 Å². The van der Waals surface area contributed by atoms with Crippen LogP contribution in [0.5, 0.6) is 0 Å². The summed E-state index contributed by atoms with van der Waals surface area (Å²) < 4.78 is 0. The first-order valence-electron chi connectivity index (χ1n) is 6.01. The van der Waals surface area contributed by atoms with E-state index in [1.165, 1.54) is 24.9 Å². The summed E-state index contributed by atoms with van der Waals surface area (Å²) in [6.45, 7) is 0. The van der Waals surface area contributed by atoms with Crippen molar-refractivity contribution in [3.63, 3.8) is 0 Å². The highest BCUT2D eigenvalue weighted by Crippen LogP contribution is 2.63. The van der Waals surface area contributed by atoms with Crippen LogP contribution in [0, 0.1) is 23.2 Å². The summed E-state index contributed by atoms with van der Waals surface area (Å²) in [6.07, 6.45) is 3.77. The van der Waals surface area contributed by atoms with Crippen LogP contribution >= 0.6 is 0 Å². The standard InChI is InChI=1S/C14H16N2/c1-16(11-6-3-2-4-7-11)14(10-15)12-8-5-9-13(12)14/h2-4,6-7,12-13H,5,8-9H2,1H3/t12-,13+,14?. The number of nitriles is 1. The van der Waals surface area contributed by atoms with E-state index in [1.807, 2.05) is 18.2 Å². The molecule has 0 spiro atoms. The van der Waals surface area contributed by atoms with Gasteiger partial charge in [-0.1, -0.05) is 24.6 Å². The molecule has 16 heavy (non-hydrogen) atoms. The molecule has 1 aromatic rings. The summed E-state index contributed by atoms with van der Waals surface area (Å²) in [5.41, 5.74) is 0.970. The molecular weight excluding hydrogens is 196 g/mol. The van der Waals surface area contributed by atoms with Crippen molar-refractivity contribution in [2.75, 3.05) is 11.9 Å². The second-order valence-electron chi connectivity index (χ2n) is 4.98. The minimum Gasteiger partial charge on any atom is -0.356 e.